The van der Waals surface area contributed by atoms with E-state index in [1.165, 1.54) is 127 Å². The number of carbonyl (C=O) groups is 3. The van der Waals surface area contributed by atoms with Gasteiger partial charge in [-0.3, -0.25) is 19.7 Å². The van der Waals surface area contributed by atoms with Crippen LogP contribution in [0.4, 0.5) is 5.69 Å². The number of non-ortho nitro benzene ring substituents is 1. The van der Waals surface area contributed by atoms with Crippen LogP contribution in [0.1, 0.15) is 178 Å². The van der Waals surface area contributed by atoms with E-state index in [0.717, 1.165) is 32.1 Å². The van der Waals surface area contributed by atoms with E-state index >= 15 is 0 Å². The Morgan fingerprint density at radius 3 is 1.38 bits per heavy atom. The molecule has 0 bridgehead atoms. The number of hydrogen-bond donors (Lipinski definition) is 0. The first-order valence-electron chi connectivity index (χ1n) is 18.6. The van der Waals surface area contributed by atoms with Gasteiger partial charge in [-0.25, -0.2) is 4.79 Å². The summed E-state index contributed by atoms with van der Waals surface area (Å²) in [6, 6.07) is 5.06. The molecule has 0 unspecified atom stereocenters. The van der Waals surface area contributed by atoms with Gasteiger partial charge in [0.05, 0.1) is 10.5 Å². The molecule has 0 aliphatic carbocycles. The summed E-state index contributed by atoms with van der Waals surface area (Å²) in [5.41, 5.74) is -0.00407. The number of carbonyl (C=O) groups excluding carboxylic acids is 3. The fourth-order valence-electron chi connectivity index (χ4n) is 5.46. The fraction of sp³-hybridized carbons (Fsp3) is 0.763. The molecule has 9 nitrogen and oxygen atoms in total. The maximum atomic E-state index is 12.6. The Kier molecular flexibility index (Phi) is 26.1. The molecule has 0 aliphatic heterocycles. The number of rotatable bonds is 31. The Morgan fingerprint density at radius 1 is 0.574 bits per heavy atom. The molecule has 0 aliphatic rings. The highest BCUT2D eigenvalue weighted by Gasteiger charge is 2.20. The van der Waals surface area contributed by atoms with E-state index in [1.54, 1.807) is 0 Å². The van der Waals surface area contributed by atoms with E-state index < -0.39 is 23.0 Å². The van der Waals surface area contributed by atoms with Gasteiger partial charge in [0.15, 0.2) is 6.10 Å². The highest BCUT2D eigenvalue weighted by atomic mass is 16.6. The highest BCUT2D eigenvalue weighted by Crippen LogP contribution is 2.16. The van der Waals surface area contributed by atoms with Crippen LogP contribution in [0.3, 0.4) is 0 Å². The minimum absolute atomic E-state index is 0.134. The van der Waals surface area contributed by atoms with Crippen molar-refractivity contribution in [3.63, 3.8) is 0 Å². The lowest BCUT2D eigenvalue weighted by atomic mass is 10.1. The van der Waals surface area contributed by atoms with Crippen molar-refractivity contribution in [2.45, 2.75) is 174 Å². The number of nitro benzene ring substituents is 1. The van der Waals surface area contributed by atoms with Gasteiger partial charge in [0.1, 0.15) is 13.2 Å². The van der Waals surface area contributed by atoms with Crippen LogP contribution in [-0.4, -0.2) is 42.1 Å². The van der Waals surface area contributed by atoms with Gasteiger partial charge in [0.25, 0.3) is 5.69 Å². The van der Waals surface area contributed by atoms with Crippen LogP contribution in [0.2, 0.25) is 0 Å². The molecule has 0 saturated carbocycles. The molecule has 1 atom stereocenters. The summed E-state index contributed by atoms with van der Waals surface area (Å²) in [7, 11) is 0. The highest BCUT2D eigenvalue weighted by molar-refractivity contribution is 5.89. The van der Waals surface area contributed by atoms with Crippen LogP contribution in [0, 0.1) is 10.1 Å². The first-order valence-corrected chi connectivity index (χ1v) is 18.6. The summed E-state index contributed by atoms with van der Waals surface area (Å²) in [4.78, 5) is 47.9. The summed E-state index contributed by atoms with van der Waals surface area (Å²) >= 11 is 0. The maximum absolute atomic E-state index is 12.6. The van der Waals surface area contributed by atoms with Crippen molar-refractivity contribution >= 4 is 23.6 Å². The molecule has 9 heteroatoms. The number of nitro groups is 1. The number of ether oxygens (including phenoxy) is 3. The smallest absolute Gasteiger partial charge is 0.338 e. The van der Waals surface area contributed by atoms with Crippen molar-refractivity contribution in [2.24, 2.45) is 0 Å². The molecule has 0 aromatic heterocycles. The van der Waals surface area contributed by atoms with E-state index in [4.69, 9.17) is 14.2 Å². The minimum Gasteiger partial charge on any atom is -0.462 e. The van der Waals surface area contributed by atoms with Crippen LogP contribution < -0.4 is 0 Å². The Labute approximate surface area is 284 Å². The summed E-state index contributed by atoms with van der Waals surface area (Å²) in [6.45, 7) is 3.97. The third-order valence-corrected chi connectivity index (χ3v) is 8.41. The normalized spacial score (nSPS) is 11.6. The Balaban J connectivity index is 2.40. The molecule has 1 aromatic rings. The van der Waals surface area contributed by atoms with Gasteiger partial charge in [-0.05, 0) is 25.0 Å². The second-order valence-corrected chi connectivity index (χ2v) is 12.8. The van der Waals surface area contributed by atoms with Crippen LogP contribution in [0.15, 0.2) is 24.3 Å². The van der Waals surface area contributed by atoms with E-state index in [9.17, 15) is 24.5 Å². The first-order chi connectivity index (χ1) is 22.9. The van der Waals surface area contributed by atoms with Crippen molar-refractivity contribution in [1.29, 1.82) is 0 Å². The molecule has 0 fully saturated rings. The van der Waals surface area contributed by atoms with Gasteiger partial charge in [-0.2, -0.15) is 0 Å². The topological polar surface area (TPSA) is 122 Å². The molecular weight excluding hydrogens is 598 g/mol. The van der Waals surface area contributed by atoms with Gasteiger partial charge >= 0.3 is 17.9 Å². The average molecular weight is 662 g/mol. The summed E-state index contributed by atoms with van der Waals surface area (Å²) in [6.07, 6.45) is 25.6. The summed E-state index contributed by atoms with van der Waals surface area (Å²) in [5, 5.41) is 10.9. The predicted octanol–water partition coefficient (Wildman–Crippen LogP) is 10.6. The molecule has 268 valence electrons. The van der Waals surface area contributed by atoms with Gasteiger partial charge in [-0.15, -0.1) is 0 Å². The Bertz CT molecular complexity index is 965. The third kappa shape index (κ3) is 23.9. The number of benzene rings is 1. The van der Waals surface area contributed by atoms with Crippen LogP contribution in [-0.2, 0) is 23.8 Å². The molecule has 1 aromatic carbocycles. The zero-order valence-electron chi connectivity index (χ0n) is 29.5. The molecule has 1 rings (SSSR count). The quantitative estimate of drug-likeness (QED) is 0.0253. The number of hydrogen-bond acceptors (Lipinski definition) is 8. The molecule has 0 spiro atoms. The Hall–Kier alpha value is -2.97. The van der Waals surface area contributed by atoms with E-state index in [1.807, 2.05) is 0 Å². The SMILES string of the molecule is CCCCCCCCCCCCCC(=O)OC[C@@H](COC(=O)c1ccc([N+](=O)[O-])cc1)OC(=O)CCCCCCCCCCCCC. The first kappa shape index (κ1) is 42.1. The van der Waals surface area contributed by atoms with Crippen molar-refractivity contribution in [2.75, 3.05) is 13.2 Å². The third-order valence-electron chi connectivity index (χ3n) is 8.41. The molecule has 0 N–H and O–H groups in total. The van der Waals surface area contributed by atoms with Gasteiger partial charge in [-0.1, -0.05) is 142 Å². The molecule has 0 radical (unpaired) electrons. The van der Waals surface area contributed by atoms with Gasteiger partial charge < -0.3 is 14.2 Å². The second-order valence-electron chi connectivity index (χ2n) is 12.8. The fourth-order valence-corrected chi connectivity index (χ4v) is 5.46. The van der Waals surface area contributed by atoms with Gasteiger partial charge in [0, 0.05) is 25.0 Å². The summed E-state index contributed by atoms with van der Waals surface area (Å²) < 4.78 is 16.3. The summed E-state index contributed by atoms with van der Waals surface area (Å²) in [5.74, 6) is -1.49. The second kappa shape index (κ2) is 29.2. The molecule has 0 amide bonds. The van der Waals surface area contributed by atoms with E-state index in [-0.39, 0.29) is 36.9 Å². The number of unbranched alkanes of at least 4 members (excludes halogenated alkanes) is 20. The van der Waals surface area contributed by atoms with E-state index in [2.05, 4.69) is 13.8 Å². The van der Waals surface area contributed by atoms with Crippen molar-refractivity contribution in [3.05, 3.63) is 39.9 Å². The maximum Gasteiger partial charge on any atom is 0.338 e. The zero-order chi connectivity index (χ0) is 34.4. The predicted molar refractivity (Wildman–Crippen MR) is 186 cm³/mol. The number of nitrogens with zero attached hydrogens (tertiary/aromatic N) is 1. The number of esters is 3. The lowest BCUT2D eigenvalue weighted by Gasteiger charge is -2.18. The molecular formula is C38H63NO8. The van der Waals surface area contributed by atoms with Crippen molar-refractivity contribution in [3.8, 4) is 0 Å². The van der Waals surface area contributed by atoms with Crippen molar-refractivity contribution in [1.82, 2.24) is 0 Å². The van der Waals surface area contributed by atoms with Crippen molar-refractivity contribution < 1.29 is 33.5 Å². The standard InChI is InChI=1S/C38H63NO8/c1-3-5-7-9-11-13-15-17-19-21-23-25-36(40)45-31-35(32-46-38(42)33-27-29-34(30-28-33)39(43)44)47-37(41)26-24-22-20-18-16-14-12-10-8-6-4-2/h27-30,35H,3-26,31-32H2,1-2H3/t35-/m0/s1. The monoisotopic (exact) mass is 661 g/mol. The average Bonchev–Trinajstić information content (AvgIpc) is 3.07. The largest absolute Gasteiger partial charge is 0.462 e. The zero-order valence-corrected chi connectivity index (χ0v) is 29.5. The Morgan fingerprint density at radius 2 is 0.957 bits per heavy atom. The lowest BCUT2D eigenvalue weighted by molar-refractivity contribution is -0.384. The molecule has 0 heterocycles. The van der Waals surface area contributed by atoms with Crippen LogP contribution in [0.25, 0.3) is 0 Å². The van der Waals surface area contributed by atoms with E-state index in [0.29, 0.717) is 12.8 Å². The van der Waals surface area contributed by atoms with Crippen LogP contribution in [0.5, 0.6) is 0 Å². The molecule has 47 heavy (non-hydrogen) atoms. The molecule has 0 saturated heterocycles. The lowest BCUT2D eigenvalue weighted by Crippen LogP contribution is -2.31. The minimum atomic E-state index is -0.932. The van der Waals surface area contributed by atoms with Crippen LogP contribution >= 0.6 is 0 Å². The van der Waals surface area contributed by atoms with Gasteiger partial charge in [0.2, 0.25) is 0 Å².